The number of carbonyl (C=O) groups excluding carboxylic acids is 1. The summed E-state index contributed by atoms with van der Waals surface area (Å²) < 4.78 is 2.68. The maximum absolute atomic E-state index is 12.1. The van der Waals surface area contributed by atoms with E-state index in [4.69, 9.17) is 0 Å². The second-order valence-corrected chi connectivity index (χ2v) is 6.85. The summed E-state index contributed by atoms with van der Waals surface area (Å²) in [5.41, 5.74) is 2.20. The van der Waals surface area contributed by atoms with Gasteiger partial charge in [0.05, 0.1) is 0 Å². The highest BCUT2D eigenvalue weighted by molar-refractivity contribution is 9.10. The van der Waals surface area contributed by atoms with Gasteiger partial charge in [-0.25, -0.2) is 14.6 Å². The fourth-order valence-electron chi connectivity index (χ4n) is 2.64. The van der Waals surface area contributed by atoms with Crippen LogP contribution in [-0.2, 0) is 17.8 Å². The number of nitrogens with zero attached hydrogens (tertiary/aromatic N) is 4. The van der Waals surface area contributed by atoms with Gasteiger partial charge >= 0.3 is 0 Å². The topological polar surface area (TPSA) is 72.7 Å². The zero-order valence-electron chi connectivity index (χ0n) is 14.3. The Balaban J connectivity index is 1.43. The molecule has 1 aromatic carbocycles. The van der Waals surface area contributed by atoms with E-state index in [0.29, 0.717) is 18.8 Å². The van der Waals surface area contributed by atoms with Gasteiger partial charge < -0.3 is 5.32 Å². The van der Waals surface area contributed by atoms with Crippen molar-refractivity contribution < 1.29 is 4.79 Å². The minimum atomic E-state index is 0.0502. The van der Waals surface area contributed by atoms with Gasteiger partial charge in [0.1, 0.15) is 12.7 Å². The molecule has 3 aromatic rings. The lowest BCUT2D eigenvalue weighted by molar-refractivity contribution is -0.121. The molecule has 3 rings (SSSR count). The van der Waals surface area contributed by atoms with E-state index in [9.17, 15) is 4.79 Å². The Kier molecular flexibility index (Phi) is 6.49. The molecule has 0 atom stereocenters. The summed E-state index contributed by atoms with van der Waals surface area (Å²) in [5.74, 6) is 0.731. The highest BCUT2D eigenvalue weighted by Crippen LogP contribution is 2.13. The zero-order valence-corrected chi connectivity index (χ0v) is 15.9. The molecular formula is C19H20BrN5O. The van der Waals surface area contributed by atoms with Crippen LogP contribution >= 0.6 is 15.9 Å². The predicted molar refractivity (Wildman–Crippen MR) is 103 cm³/mol. The monoisotopic (exact) mass is 413 g/mol. The van der Waals surface area contributed by atoms with Crippen molar-refractivity contribution in [2.24, 2.45) is 0 Å². The van der Waals surface area contributed by atoms with Gasteiger partial charge in [-0.2, -0.15) is 5.10 Å². The van der Waals surface area contributed by atoms with Gasteiger partial charge in [-0.1, -0.05) is 34.1 Å². The molecule has 0 aliphatic carbocycles. The SMILES string of the molecule is O=C(CCCCc1ccc(Br)cc1)NCc1cccnc1-n1cncn1. The van der Waals surface area contributed by atoms with Crippen LogP contribution in [0, 0.1) is 0 Å². The third-order valence-electron chi connectivity index (χ3n) is 4.01. The minimum absolute atomic E-state index is 0.0502. The van der Waals surface area contributed by atoms with Gasteiger partial charge in [0.15, 0.2) is 5.82 Å². The number of nitrogens with one attached hydrogen (secondary N) is 1. The zero-order chi connectivity index (χ0) is 18.2. The summed E-state index contributed by atoms with van der Waals surface area (Å²) in [5, 5.41) is 7.06. The van der Waals surface area contributed by atoms with E-state index in [-0.39, 0.29) is 5.91 Å². The van der Waals surface area contributed by atoms with Crippen LogP contribution in [0.15, 0.2) is 59.7 Å². The number of amides is 1. The van der Waals surface area contributed by atoms with Crippen LogP contribution in [0.25, 0.3) is 5.82 Å². The first-order chi connectivity index (χ1) is 12.7. The van der Waals surface area contributed by atoms with Crippen molar-refractivity contribution in [3.8, 4) is 5.82 Å². The van der Waals surface area contributed by atoms with Crippen molar-refractivity contribution in [3.05, 3.63) is 70.8 Å². The van der Waals surface area contributed by atoms with Crippen LogP contribution in [0.1, 0.15) is 30.4 Å². The predicted octanol–water partition coefficient (Wildman–Crippen LogP) is 3.45. The first-order valence-corrected chi connectivity index (χ1v) is 9.32. The second kappa shape index (κ2) is 9.24. The average molecular weight is 414 g/mol. The molecule has 6 nitrogen and oxygen atoms in total. The Morgan fingerprint density at radius 3 is 2.77 bits per heavy atom. The van der Waals surface area contributed by atoms with Crippen LogP contribution in [0.3, 0.4) is 0 Å². The van der Waals surface area contributed by atoms with Crippen molar-refractivity contribution in [1.29, 1.82) is 0 Å². The van der Waals surface area contributed by atoms with Gasteiger partial charge in [-0.3, -0.25) is 4.79 Å². The lowest BCUT2D eigenvalue weighted by Crippen LogP contribution is -2.23. The van der Waals surface area contributed by atoms with E-state index in [2.05, 4.69) is 48.4 Å². The van der Waals surface area contributed by atoms with Crippen molar-refractivity contribution in [3.63, 3.8) is 0 Å². The molecule has 134 valence electrons. The fraction of sp³-hybridized carbons (Fsp3) is 0.263. The molecule has 0 saturated carbocycles. The van der Waals surface area contributed by atoms with Gasteiger partial charge in [0.2, 0.25) is 5.91 Å². The molecule has 1 N–H and O–H groups in total. The Hall–Kier alpha value is -2.54. The molecule has 0 bridgehead atoms. The van der Waals surface area contributed by atoms with E-state index in [1.54, 1.807) is 17.2 Å². The third-order valence-corrected chi connectivity index (χ3v) is 4.54. The van der Waals surface area contributed by atoms with Gasteiger partial charge in [-0.15, -0.1) is 0 Å². The highest BCUT2D eigenvalue weighted by atomic mass is 79.9. The molecule has 0 fully saturated rings. The van der Waals surface area contributed by atoms with Gasteiger partial charge in [-0.05, 0) is 43.0 Å². The summed E-state index contributed by atoms with van der Waals surface area (Å²) in [4.78, 5) is 20.4. The summed E-state index contributed by atoms with van der Waals surface area (Å²) in [6, 6.07) is 12.1. The lowest BCUT2D eigenvalue weighted by Gasteiger charge is -2.09. The first kappa shape index (κ1) is 18.3. The normalized spacial score (nSPS) is 10.7. The number of aryl methyl sites for hydroxylation is 1. The molecule has 26 heavy (non-hydrogen) atoms. The maximum Gasteiger partial charge on any atom is 0.220 e. The number of unbranched alkanes of at least 4 members (excludes halogenated alkanes) is 1. The van der Waals surface area contributed by atoms with Crippen LogP contribution in [-0.4, -0.2) is 25.7 Å². The number of rotatable bonds is 8. The molecular weight excluding hydrogens is 394 g/mol. The van der Waals surface area contributed by atoms with E-state index in [1.165, 1.54) is 11.9 Å². The van der Waals surface area contributed by atoms with Gasteiger partial charge in [0, 0.05) is 29.2 Å². The molecule has 0 spiro atoms. The molecule has 0 aliphatic heterocycles. The number of carbonyl (C=O) groups is 1. The van der Waals surface area contributed by atoms with E-state index >= 15 is 0 Å². The fourth-order valence-corrected chi connectivity index (χ4v) is 2.90. The number of hydrogen-bond donors (Lipinski definition) is 1. The standard InChI is InChI=1S/C19H20BrN5O/c20-17-9-7-15(8-10-17)4-1-2-6-18(26)23-12-16-5-3-11-22-19(16)25-14-21-13-24-25/h3,5,7-11,13-14H,1-2,4,6,12H2,(H,23,26). The number of aromatic nitrogens is 4. The molecule has 0 saturated heterocycles. The molecule has 0 unspecified atom stereocenters. The van der Waals surface area contributed by atoms with Crippen LogP contribution in [0.4, 0.5) is 0 Å². The first-order valence-electron chi connectivity index (χ1n) is 8.52. The molecule has 0 radical (unpaired) electrons. The number of pyridine rings is 1. The Labute approximate surface area is 160 Å². The van der Waals surface area contributed by atoms with Crippen LogP contribution in [0.5, 0.6) is 0 Å². The second-order valence-electron chi connectivity index (χ2n) is 5.94. The molecule has 7 heteroatoms. The summed E-state index contributed by atoms with van der Waals surface area (Å²) in [7, 11) is 0. The van der Waals surface area contributed by atoms with Crippen LogP contribution in [0.2, 0.25) is 0 Å². The number of benzene rings is 1. The minimum Gasteiger partial charge on any atom is -0.352 e. The summed E-state index contributed by atoms with van der Waals surface area (Å²) >= 11 is 3.43. The Morgan fingerprint density at radius 2 is 2.00 bits per heavy atom. The molecule has 1 amide bonds. The number of halogens is 1. The third kappa shape index (κ3) is 5.23. The Bertz CT molecular complexity index is 833. The molecule has 2 aromatic heterocycles. The quantitative estimate of drug-likeness (QED) is 0.573. The highest BCUT2D eigenvalue weighted by Gasteiger charge is 2.08. The van der Waals surface area contributed by atoms with E-state index < -0.39 is 0 Å². The summed E-state index contributed by atoms with van der Waals surface area (Å²) in [6.07, 6.45) is 8.12. The van der Waals surface area contributed by atoms with E-state index in [1.807, 2.05) is 24.3 Å². The van der Waals surface area contributed by atoms with Crippen molar-refractivity contribution in [1.82, 2.24) is 25.1 Å². The Morgan fingerprint density at radius 1 is 1.15 bits per heavy atom. The van der Waals surface area contributed by atoms with Crippen molar-refractivity contribution in [2.75, 3.05) is 0 Å². The largest absolute Gasteiger partial charge is 0.352 e. The van der Waals surface area contributed by atoms with Gasteiger partial charge in [0.25, 0.3) is 0 Å². The lowest BCUT2D eigenvalue weighted by atomic mass is 10.1. The smallest absolute Gasteiger partial charge is 0.220 e. The molecule has 0 aliphatic rings. The number of hydrogen-bond acceptors (Lipinski definition) is 4. The van der Waals surface area contributed by atoms with Crippen molar-refractivity contribution >= 4 is 21.8 Å². The van der Waals surface area contributed by atoms with Crippen LogP contribution < -0.4 is 5.32 Å². The maximum atomic E-state index is 12.1. The average Bonchev–Trinajstić information content (AvgIpc) is 3.20. The van der Waals surface area contributed by atoms with Crippen molar-refractivity contribution in [2.45, 2.75) is 32.2 Å². The summed E-state index contributed by atoms with van der Waals surface area (Å²) in [6.45, 7) is 0.425. The molecule has 2 heterocycles. The van der Waals surface area contributed by atoms with E-state index in [0.717, 1.165) is 29.3 Å².